The van der Waals surface area contributed by atoms with Crippen molar-refractivity contribution in [2.24, 2.45) is 12.0 Å². The second-order valence-electron chi connectivity index (χ2n) is 8.09. The zero-order valence-electron chi connectivity index (χ0n) is 18.5. The number of ether oxygens (including phenoxy) is 1. The molecule has 0 aliphatic carbocycles. The van der Waals surface area contributed by atoms with Gasteiger partial charge in [0.25, 0.3) is 0 Å². The number of aliphatic imine (C=N–C) groups is 1. The van der Waals surface area contributed by atoms with Gasteiger partial charge in [0, 0.05) is 52.2 Å². The molecular weight excluding hydrogens is 505 g/mol. The average Bonchev–Trinajstić information content (AvgIpc) is 3.40. The van der Waals surface area contributed by atoms with Crippen LogP contribution in [-0.4, -0.2) is 83.0 Å². The van der Waals surface area contributed by atoms with Crippen LogP contribution in [0, 0.1) is 6.92 Å². The number of nitrogens with one attached hydrogen (secondary N) is 1. The molecule has 2 aromatic rings. The first-order chi connectivity index (χ1) is 14.7. The van der Waals surface area contributed by atoms with Crippen LogP contribution in [0.5, 0.6) is 0 Å². The lowest BCUT2D eigenvalue weighted by molar-refractivity contribution is 0.0388. The molecule has 4 rings (SSSR count). The Bertz CT molecular complexity index is 836. The van der Waals surface area contributed by atoms with Gasteiger partial charge in [0.2, 0.25) is 0 Å². The Labute approximate surface area is 202 Å². The van der Waals surface area contributed by atoms with E-state index in [1.165, 1.54) is 5.56 Å². The van der Waals surface area contributed by atoms with E-state index >= 15 is 0 Å². The van der Waals surface area contributed by atoms with Gasteiger partial charge in [-0.1, -0.05) is 30.3 Å². The summed E-state index contributed by atoms with van der Waals surface area (Å²) in [4.78, 5) is 9.76. The van der Waals surface area contributed by atoms with E-state index in [4.69, 9.17) is 9.73 Å². The summed E-state index contributed by atoms with van der Waals surface area (Å²) in [6.45, 7) is 10.1. The minimum Gasteiger partial charge on any atom is -0.379 e. The topological polar surface area (TPSA) is 70.8 Å². The van der Waals surface area contributed by atoms with Gasteiger partial charge in [-0.25, -0.2) is 4.99 Å². The molecule has 8 nitrogen and oxygen atoms in total. The quantitative estimate of drug-likeness (QED) is 0.344. The number of rotatable bonds is 6. The van der Waals surface area contributed by atoms with Crippen molar-refractivity contribution < 1.29 is 4.74 Å². The van der Waals surface area contributed by atoms with Crippen LogP contribution in [0.3, 0.4) is 0 Å². The zero-order chi connectivity index (χ0) is 20.8. The Morgan fingerprint density at radius 1 is 1.16 bits per heavy atom. The fraction of sp³-hybridized carbons (Fsp3) is 0.591. The number of morpholine rings is 1. The first-order valence-corrected chi connectivity index (χ1v) is 10.9. The van der Waals surface area contributed by atoms with Crippen LogP contribution < -0.4 is 5.32 Å². The fourth-order valence-corrected chi connectivity index (χ4v) is 4.10. The molecule has 2 aliphatic heterocycles. The van der Waals surface area contributed by atoms with Crippen LogP contribution in [-0.2, 0) is 18.3 Å². The summed E-state index contributed by atoms with van der Waals surface area (Å²) in [7, 11) is 1.99. The van der Waals surface area contributed by atoms with Crippen LogP contribution >= 0.6 is 24.0 Å². The Morgan fingerprint density at radius 3 is 2.65 bits per heavy atom. The van der Waals surface area contributed by atoms with Crippen molar-refractivity contribution in [1.29, 1.82) is 0 Å². The zero-order valence-corrected chi connectivity index (χ0v) is 20.9. The molecule has 170 valence electrons. The number of benzene rings is 1. The molecule has 2 fully saturated rings. The third kappa shape index (κ3) is 6.39. The van der Waals surface area contributed by atoms with Gasteiger partial charge in [0.1, 0.15) is 12.4 Å². The van der Waals surface area contributed by atoms with Crippen LogP contribution in [0.1, 0.15) is 29.6 Å². The SMILES string of the molecule is Cc1nnc(CN=C(NCCN2CCOCC2)N2CCC(c3ccccc3)C2)n1C.I. The summed E-state index contributed by atoms with van der Waals surface area (Å²) in [5.74, 6) is 3.32. The molecule has 1 N–H and O–H groups in total. The van der Waals surface area contributed by atoms with Crippen molar-refractivity contribution >= 4 is 29.9 Å². The standard InChI is InChI=1S/C22H33N7O.HI/c1-18-25-26-21(27(18)2)16-24-22(23-9-11-28-12-14-30-15-13-28)29-10-8-20(17-29)19-6-4-3-5-7-19;/h3-7,20H,8-17H2,1-2H3,(H,23,24);1H. The number of hydrogen-bond acceptors (Lipinski definition) is 5. The highest BCUT2D eigenvalue weighted by molar-refractivity contribution is 14.0. The van der Waals surface area contributed by atoms with Gasteiger partial charge < -0.3 is 19.5 Å². The highest BCUT2D eigenvalue weighted by atomic mass is 127. The van der Waals surface area contributed by atoms with Gasteiger partial charge >= 0.3 is 0 Å². The van der Waals surface area contributed by atoms with E-state index in [9.17, 15) is 0 Å². The third-order valence-corrected chi connectivity index (χ3v) is 6.13. The molecule has 0 spiro atoms. The number of halogens is 1. The van der Waals surface area contributed by atoms with E-state index in [1.54, 1.807) is 0 Å². The molecule has 31 heavy (non-hydrogen) atoms. The Kier molecular flexibility index (Phi) is 9.09. The Balaban J connectivity index is 0.00000272. The number of hydrogen-bond donors (Lipinski definition) is 1. The molecule has 2 saturated heterocycles. The molecule has 9 heteroatoms. The molecule has 0 amide bonds. The first-order valence-electron chi connectivity index (χ1n) is 10.9. The highest BCUT2D eigenvalue weighted by Gasteiger charge is 2.26. The monoisotopic (exact) mass is 539 g/mol. The summed E-state index contributed by atoms with van der Waals surface area (Å²) in [5.41, 5.74) is 1.41. The van der Waals surface area contributed by atoms with E-state index in [-0.39, 0.29) is 24.0 Å². The van der Waals surface area contributed by atoms with Gasteiger partial charge in [0.15, 0.2) is 11.8 Å². The smallest absolute Gasteiger partial charge is 0.194 e. The predicted molar refractivity (Wildman–Crippen MR) is 133 cm³/mol. The number of nitrogens with zero attached hydrogens (tertiary/aromatic N) is 6. The summed E-state index contributed by atoms with van der Waals surface area (Å²) >= 11 is 0. The summed E-state index contributed by atoms with van der Waals surface area (Å²) in [5, 5.41) is 12.0. The molecule has 0 radical (unpaired) electrons. The Hall–Kier alpha value is -1.72. The van der Waals surface area contributed by atoms with Crippen LogP contribution in [0.2, 0.25) is 0 Å². The van der Waals surface area contributed by atoms with E-state index in [0.29, 0.717) is 12.5 Å². The molecule has 1 unspecified atom stereocenters. The minimum atomic E-state index is 0. The number of aromatic nitrogens is 3. The molecule has 2 aliphatic rings. The minimum absolute atomic E-state index is 0. The largest absolute Gasteiger partial charge is 0.379 e. The van der Waals surface area contributed by atoms with Gasteiger partial charge in [-0.2, -0.15) is 0 Å². The van der Waals surface area contributed by atoms with Crippen molar-refractivity contribution in [2.75, 3.05) is 52.5 Å². The maximum absolute atomic E-state index is 5.45. The van der Waals surface area contributed by atoms with Crippen molar-refractivity contribution in [3.8, 4) is 0 Å². The highest BCUT2D eigenvalue weighted by Crippen LogP contribution is 2.27. The second-order valence-corrected chi connectivity index (χ2v) is 8.09. The normalized spacial score (nSPS) is 20.0. The number of likely N-dealkylation sites (tertiary alicyclic amines) is 1. The van der Waals surface area contributed by atoms with Crippen LogP contribution in [0.15, 0.2) is 35.3 Å². The maximum atomic E-state index is 5.45. The summed E-state index contributed by atoms with van der Waals surface area (Å²) in [6.07, 6.45) is 1.15. The third-order valence-electron chi connectivity index (χ3n) is 6.13. The molecule has 0 saturated carbocycles. The lowest BCUT2D eigenvalue weighted by Gasteiger charge is -2.28. The van der Waals surface area contributed by atoms with Crippen molar-refractivity contribution in [1.82, 2.24) is 29.9 Å². The lowest BCUT2D eigenvalue weighted by Crippen LogP contribution is -2.45. The maximum Gasteiger partial charge on any atom is 0.194 e. The van der Waals surface area contributed by atoms with Gasteiger partial charge in [-0.15, -0.1) is 34.2 Å². The van der Waals surface area contributed by atoms with E-state index in [0.717, 1.165) is 76.5 Å². The predicted octanol–water partition coefficient (Wildman–Crippen LogP) is 2.01. The van der Waals surface area contributed by atoms with Crippen LogP contribution in [0.4, 0.5) is 0 Å². The van der Waals surface area contributed by atoms with Crippen molar-refractivity contribution in [3.05, 3.63) is 47.5 Å². The van der Waals surface area contributed by atoms with Crippen LogP contribution in [0.25, 0.3) is 0 Å². The molecule has 0 bridgehead atoms. The van der Waals surface area contributed by atoms with Gasteiger partial charge in [-0.3, -0.25) is 4.90 Å². The molecular formula is C22H34IN7O. The van der Waals surface area contributed by atoms with E-state index in [2.05, 4.69) is 55.6 Å². The van der Waals surface area contributed by atoms with Crippen molar-refractivity contribution in [2.45, 2.75) is 25.8 Å². The number of aryl methyl sites for hydroxylation is 1. The average molecular weight is 539 g/mol. The lowest BCUT2D eigenvalue weighted by atomic mass is 9.99. The number of guanidine groups is 1. The second kappa shape index (κ2) is 11.8. The fourth-order valence-electron chi connectivity index (χ4n) is 4.10. The molecule has 1 atom stereocenters. The summed E-state index contributed by atoms with van der Waals surface area (Å²) in [6, 6.07) is 10.8. The molecule has 1 aromatic carbocycles. The van der Waals surface area contributed by atoms with E-state index < -0.39 is 0 Å². The van der Waals surface area contributed by atoms with Gasteiger partial charge in [-0.05, 0) is 18.9 Å². The van der Waals surface area contributed by atoms with E-state index in [1.807, 2.05) is 18.5 Å². The summed E-state index contributed by atoms with van der Waals surface area (Å²) < 4.78 is 7.46. The molecule has 1 aromatic heterocycles. The Morgan fingerprint density at radius 2 is 1.94 bits per heavy atom. The first kappa shape index (κ1) is 23.9. The van der Waals surface area contributed by atoms with Crippen molar-refractivity contribution in [3.63, 3.8) is 0 Å². The van der Waals surface area contributed by atoms with Gasteiger partial charge in [0.05, 0.1) is 13.2 Å². The molecule has 3 heterocycles.